The van der Waals surface area contributed by atoms with Crippen LogP contribution in [0.1, 0.15) is 5.56 Å². The number of carboxylic acid groups (broad SMARTS) is 1. The Kier molecular flexibility index (Phi) is 5.93. The zero-order valence-corrected chi connectivity index (χ0v) is 9.79. The van der Waals surface area contributed by atoms with E-state index in [9.17, 15) is 18.0 Å². The van der Waals surface area contributed by atoms with Crippen molar-refractivity contribution in [3.63, 3.8) is 0 Å². The van der Waals surface area contributed by atoms with Gasteiger partial charge in [0, 0.05) is 0 Å². The molecule has 0 radical (unpaired) electrons. The summed E-state index contributed by atoms with van der Waals surface area (Å²) in [6, 6.07) is 3.81. The number of carboxylic acids is 1. The van der Waals surface area contributed by atoms with Crippen molar-refractivity contribution in [2.75, 3.05) is 0 Å². The third kappa shape index (κ3) is 5.74. The van der Waals surface area contributed by atoms with E-state index in [1.54, 1.807) is 0 Å². The minimum absolute atomic E-state index is 0. The summed E-state index contributed by atoms with van der Waals surface area (Å²) >= 11 is 0. The number of ether oxygens (including phenoxy) is 1. The number of benzene rings is 1. The molecule has 0 aliphatic rings. The first-order valence-electron chi connectivity index (χ1n) is 4.61. The fourth-order valence-electron chi connectivity index (χ4n) is 1.17. The Balaban J connectivity index is 0.00000289. The van der Waals surface area contributed by atoms with Crippen molar-refractivity contribution in [2.45, 2.75) is 18.8 Å². The Labute approximate surface area is 107 Å². The largest absolute Gasteiger partial charge is 0.573 e. The van der Waals surface area contributed by atoms with Crippen LogP contribution in [0.25, 0.3) is 0 Å². The normalized spacial score (nSPS) is 12.4. The van der Waals surface area contributed by atoms with Gasteiger partial charge in [-0.2, -0.15) is 0 Å². The molecule has 0 amide bonds. The molecule has 4 nitrogen and oxygen atoms in total. The summed E-state index contributed by atoms with van der Waals surface area (Å²) in [5, 5.41) is 8.55. The second-order valence-corrected chi connectivity index (χ2v) is 3.34. The quantitative estimate of drug-likeness (QED) is 0.887. The van der Waals surface area contributed by atoms with E-state index < -0.39 is 18.4 Å². The molecule has 0 aliphatic heterocycles. The molecule has 1 rings (SSSR count). The summed E-state index contributed by atoms with van der Waals surface area (Å²) < 4.78 is 39.2. The van der Waals surface area contributed by atoms with E-state index >= 15 is 0 Å². The van der Waals surface area contributed by atoms with E-state index in [2.05, 4.69) is 4.74 Å². The predicted octanol–water partition coefficient (Wildman–Crippen LogP) is 1.96. The van der Waals surface area contributed by atoms with Gasteiger partial charge in [0.15, 0.2) is 0 Å². The van der Waals surface area contributed by atoms with E-state index in [-0.39, 0.29) is 24.6 Å². The van der Waals surface area contributed by atoms with Gasteiger partial charge in [-0.25, -0.2) is 0 Å². The summed E-state index contributed by atoms with van der Waals surface area (Å²) in [5.41, 5.74) is 5.80. The molecule has 1 aromatic carbocycles. The lowest BCUT2D eigenvalue weighted by Crippen LogP contribution is -2.32. The van der Waals surface area contributed by atoms with Crippen molar-refractivity contribution in [1.82, 2.24) is 0 Å². The summed E-state index contributed by atoms with van der Waals surface area (Å²) in [6.45, 7) is 0. The molecule has 8 heteroatoms. The molecule has 1 atom stereocenters. The monoisotopic (exact) mass is 285 g/mol. The first-order valence-corrected chi connectivity index (χ1v) is 4.61. The minimum atomic E-state index is -4.74. The van der Waals surface area contributed by atoms with Crippen LogP contribution < -0.4 is 10.5 Å². The molecular weight excluding hydrogens is 275 g/mol. The molecule has 0 heterocycles. The summed E-state index contributed by atoms with van der Waals surface area (Å²) in [6.07, 6.45) is -4.69. The molecule has 3 N–H and O–H groups in total. The highest BCUT2D eigenvalue weighted by Gasteiger charge is 2.30. The lowest BCUT2D eigenvalue weighted by molar-refractivity contribution is -0.274. The van der Waals surface area contributed by atoms with Crippen molar-refractivity contribution < 1.29 is 27.8 Å². The number of carbonyl (C=O) groups is 1. The molecule has 18 heavy (non-hydrogen) atoms. The zero-order chi connectivity index (χ0) is 13.1. The Morgan fingerprint density at radius 3 is 2.22 bits per heavy atom. The number of alkyl halides is 3. The Hall–Kier alpha value is -1.47. The highest BCUT2D eigenvalue weighted by atomic mass is 35.5. The van der Waals surface area contributed by atoms with Crippen LogP contribution >= 0.6 is 12.4 Å². The summed E-state index contributed by atoms with van der Waals surface area (Å²) in [5.74, 6) is -1.52. The van der Waals surface area contributed by atoms with Gasteiger partial charge in [-0.3, -0.25) is 4.79 Å². The van der Waals surface area contributed by atoms with Gasteiger partial charge >= 0.3 is 12.3 Å². The summed E-state index contributed by atoms with van der Waals surface area (Å²) in [7, 11) is 0. The second kappa shape index (κ2) is 6.46. The van der Waals surface area contributed by atoms with Gasteiger partial charge in [-0.15, -0.1) is 25.6 Å². The number of nitrogens with two attached hydrogens (primary N) is 1. The van der Waals surface area contributed by atoms with Crippen LogP contribution in [-0.2, 0) is 11.2 Å². The van der Waals surface area contributed by atoms with E-state index in [0.717, 1.165) is 12.1 Å². The lowest BCUT2D eigenvalue weighted by Gasteiger charge is -2.10. The summed E-state index contributed by atoms with van der Waals surface area (Å²) in [4.78, 5) is 10.5. The number of aliphatic carboxylic acids is 1. The molecule has 0 saturated heterocycles. The highest BCUT2D eigenvalue weighted by molar-refractivity contribution is 5.85. The van der Waals surface area contributed by atoms with Gasteiger partial charge in [0.05, 0.1) is 0 Å². The number of hydrogen-bond acceptors (Lipinski definition) is 3. The second-order valence-electron chi connectivity index (χ2n) is 3.34. The van der Waals surface area contributed by atoms with Crippen LogP contribution in [0.2, 0.25) is 0 Å². The predicted molar refractivity (Wildman–Crippen MR) is 59.7 cm³/mol. The third-order valence-electron chi connectivity index (χ3n) is 1.93. The first-order chi connectivity index (χ1) is 7.78. The van der Waals surface area contributed by atoms with Crippen LogP contribution in [0.4, 0.5) is 13.2 Å². The van der Waals surface area contributed by atoms with Crippen LogP contribution in [0, 0.1) is 0 Å². The molecule has 0 unspecified atom stereocenters. The van der Waals surface area contributed by atoms with Gasteiger partial charge < -0.3 is 15.6 Å². The maximum Gasteiger partial charge on any atom is 0.573 e. The fourth-order valence-corrected chi connectivity index (χ4v) is 1.17. The van der Waals surface area contributed by atoms with Crippen molar-refractivity contribution in [3.05, 3.63) is 29.8 Å². The van der Waals surface area contributed by atoms with Gasteiger partial charge in [-0.05, 0) is 24.1 Å². The smallest absolute Gasteiger partial charge is 0.480 e. The van der Waals surface area contributed by atoms with Gasteiger partial charge in [-0.1, -0.05) is 12.1 Å². The molecule has 0 fully saturated rings. The van der Waals surface area contributed by atoms with Gasteiger partial charge in [0.2, 0.25) is 0 Å². The first kappa shape index (κ1) is 16.5. The molecule has 0 bridgehead atoms. The topological polar surface area (TPSA) is 72.5 Å². The van der Waals surface area contributed by atoms with Crippen LogP contribution in [0.5, 0.6) is 5.75 Å². The van der Waals surface area contributed by atoms with E-state index in [1.165, 1.54) is 12.1 Å². The van der Waals surface area contributed by atoms with Crippen LogP contribution in [0.3, 0.4) is 0 Å². The molecule has 1 aromatic rings. The Morgan fingerprint density at radius 1 is 1.33 bits per heavy atom. The van der Waals surface area contributed by atoms with Crippen LogP contribution in [0.15, 0.2) is 24.3 Å². The molecule has 0 aromatic heterocycles. The fraction of sp³-hybridized carbons (Fsp3) is 0.300. The molecule has 0 spiro atoms. The van der Waals surface area contributed by atoms with Crippen molar-refractivity contribution >= 4 is 18.4 Å². The molecular formula is C10H11ClF3NO3. The average Bonchev–Trinajstić information content (AvgIpc) is 2.18. The van der Waals surface area contributed by atoms with Crippen LogP contribution in [-0.4, -0.2) is 23.5 Å². The Bertz CT molecular complexity index is 394. The minimum Gasteiger partial charge on any atom is -0.480 e. The highest BCUT2D eigenvalue weighted by Crippen LogP contribution is 2.22. The number of hydrogen-bond donors (Lipinski definition) is 2. The average molecular weight is 286 g/mol. The van der Waals surface area contributed by atoms with Crippen molar-refractivity contribution in [1.29, 1.82) is 0 Å². The zero-order valence-electron chi connectivity index (χ0n) is 8.98. The molecule has 102 valence electrons. The van der Waals surface area contributed by atoms with E-state index in [4.69, 9.17) is 10.8 Å². The molecule has 0 saturated carbocycles. The van der Waals surface area contributed by atoms with E-state index in [1.807, 2.05) is 0 Å². The van der Waals surface area contributed by atoms with Gasteiger partial charge in [0.1, 0.15) is 11.8 Å². The maximum atomic E-state index is 11.8. The SMILES string of the molecule is Cl.N[C@H](Cc1ccc(OC(F)(F)F)cc1)C(=O)O. The molecule has 0 aliphatic carbocycles. The van der Waals surface area contributed by atoms with E-state index in [0.29, 0.717) is 5.56 Å². The van der Waals surface area contributed by atoms with Crippen molar-refractivity contribution in [3.8, 4) is 5.75 Å². The lowest BCUT2D eigenvalue weighted by atomic mass is 10.1. The van der Waals surface area contributed by atoms with Crippen molar-refractivity contribution in [2.24, 2.45) is 5.73 Å². The third-order valence-corrected chi connectivity index (χ3v) is 1.93. The van der Waals surface area contributed by atoms with Gasteiger partial charge in [0.25, 0.3) is 0 Å². The Morgan fingerprint density at radius 2 is 1.83 bits per heavy atom. The standard InChI is InChI=1S/C10H10F3NO3.ClH/c11-10(12,13)17-7-3-1-6(2-4-7)5-8(14)9(15)16;/h1-4,8H,5,14H2,(H,15,16);1H/t8-;/m1./s1. The number of rotatable bonds is 4. The number of halogens is 4. The maximum absolute atomic E-state index is 11.8.